The van der Waals surface area contributed by atoms with E-state index in [0.29, 0.717) is 0 Å². The molecular formula is C11H8BrN5O23. The Morgan fingerprint density at radius 3 is 1.30 bits per heavy atom. The lowest BCUT2D eigenvalue weighted by Crippen LogP contribution is -2.04. The van der Waals surface area contributed by atoms with Crippen LogP contribution in [0.1, 0.15) is 0 Å². The van der Waals surface area contributed by atoms with Crippen LogP contribution >= 0.6 is 15.9 Å². The molecule has 0 unspecified atom stereocenters. The molecule has 0 aromatic carbocycles. The molecule has 0 saturated carbocycles. The molecule has 0 amide bonds. The van der Waals surface area contributed by atoms with Gasteiger partial charge in [0.2, 0.25) is 0 Å². The highest BCUT2D eigenvalue weighted by Gasteiger charge is 2.13. The Labute approximate surface area is 222 Å². The highest BCUT2D eigenvalue weighted by molar-refractivity contribution is 9.10. The molecule has 29 heteroatoms. The van der Waals surface area contributed by atoms with Gasteiger partial charge >= 0.3 is 11.5 Å². The van der Waals surface area contributed by atoms with Crippen LogP contribution in [0, 0.1) is 26.8 Å². The van der Waals surface area contributed by atoms with E-state index in [1.807, 2.05) is 0 Å². The summed E-state index contributed by atoms with van der Waals surface area (Å²) in [6.45, 7) is 6.54. The Balaban J connectivity index is 0.000000612. The smallest absolute Gasteiger partial charge is 0.348 e. The molecule has 0 bridgehead atoms. The Kier molecular flexibility index (Phi) is 23.2. The van der Waals surface area contributed by atoms with Gasteiger partial charge in [0.25, 0.3) is 5.69 Å². The van der Waals surface area contributed by atoms with Gasteiger partial charge in [-0.3, -0.25) is 20.2 Å². The number of rotatable bonds is 18. The molecule has 0 aliphatic rings. The van der Waals surface area contributed by atoms with E-state index in [0.717, 1.165) is 0 Å². The van der Waals surface area contributed by atoms with Gasteiger partial charge in [0.1, 0.15) is 6.20 Å². The van der Waals surface area contributed by atoms with E-state index < -0.39 is 9.85 Å². The van der Waals surface area contributed by atoms with Crippen molar-refractivity contribution in [3.05, 3.63) is 72.9 Å². The first-order valence-corrected chi connectivity index (χ1v) is 9.01. The van der Waals surface area contributed by atoms with Crippen LogP contribution in [0.25, 0.3) is 4.85 Å². The second kappa shape index (κ2) is 25.6. The molecule has 0 atom stereocenters. The molecule has 2 rings (SSSR count). The summed E-state index contributed by atoms with van der Waals surface area (Å²) in [6, 6.07) is 5.58. The highest BCUT2D eigenvalue weighted by atomic mass is 79.9. The number of hydrogen-bond donors (Lipinski definition) is 2. The number of halogens is 1. The summed E-state index contributed by atoms with van der Waals surface area (Å²) in [5, 5.41) is 91.9. The molecule has 0 aliphatic carbocycles. The second-order valence-corrected chi connectivity index (χ2v) is 5.21. The van der Waals surface area contributed by atoms with E-state index in [2.05, 4.69) is 116 Å². The van der Waals surface area contributed by atoms with Crippen LogP contribution in [-0.2, 0) is 85.7 Å². The third-order valence-electron chi connectivity index (χ3n) is 2.45. The second-order valence-electron chi connectivity index (χ2n) is 4.46. The molecule has 28 nitrogen and oxygen atoms in total. The molecule has 222 valence electrons. The van der Waals surface area contributed by atoms with Gasteiger partial charge in [0, 0.05) is 23.4 Å². The van der Waals surface area contributed by atoms with Crippen molar-refractivity contribution in [1.82, 2.24) is 9.97 Å². The maximum atomic E-state index is 10.2. The third kappa shape index (κ3) is 19.4. The molecule has 2 aromatic rings. The summed E-state index contributed by atoms with van der Waals surface area (Å²) in [7, 11) is 0. The monoisotopic (exact) mass is 657 g/mol. The van der Waals surface area contributed by atoms with Gasteiger partial charge in [0.05, 0.1) is 9.85 Å². The fourth-order valence-corrected chi connectivity index (χ4v) is 1.70. The zero-order valence-corrected chi connectivity index (χ0v) is 19.6. The molecule has 2 heterocycles. The summed E-state index contributed by atoms with van der Waals surface area (Å²) >= 11 is 2.94. The van der Waals surface area contributed by atoms with E-state index in [1.54, 1.807) is 0 Å². The van der Waals surface area contributed by atoms with Gasteiger partial charge < -0.3 is 4.85 Å². The van der Waals surface area contributed by atoms with Gasteiger partial charge in [-0.2, -0.15) is 0 Å². The minimum absolute atomic E-state index is 0.0116. The zero-order chi connectivity index (χ0) is 29.8. The first-order valence-electron chi connectivity index (χ1n) is 8.22. The van der Waals surface area contributed by atoms with Crippen LogP contribution in [0.5, 0.6) is 0 Å². The SMILES string of the molecule is O=[N+]([O-])c1cccnc1Br.OOOOOOOOOOOOOOOOOOO.[C-]#[N+]c1ncccc1[N+](=O)[O-]. The van der Waals surface area contributed by atoms with Crippen molar-refractivity contribution < 1.29 is 106 Å². The standard InChI is InChI=1S/C6H3N3O2.C5H3BrN2O2.H2O19/c1-7-6-5(9(10)11)3-2-4-8-6;6-5-4(8(9)10)2-1-3-7-5;1-3-5-7-9-11-13-15-17-19-18-16-14-12-10-8-6-4-2/h2-4H;1-3H;1-2H. The lowest BCUT2D eigenvalue weighted by molar-refractivity contribution is -0.891. The number of pyridine rings is 2. The first kappa shape index (κ1) is 36.3. The summed E-state index contributed by atoms with van der Waals surface area (Å²) < 4.78 is 0.264. The van der Waals surface area contributed by atoms with E-state index in [9.17, 15) is 20.2 Å². The van der Waals surface area contributed by atoms with Crippen molar-refractivity contribution in [2.24, 2.45) is 0 Å². The number of nitrogens with zero attached hydrogens (tertiary/aromatic N) is 5. The molecular weight excluding hydrogens is 650 g/mol. The molecule has 2 N–H and O–H groups in total. The van der Waals surface area contributed by atoms with E-state index in [1.165, 1.54) is 36.7 Å². The van der Waals surface area contributed by atoms with Crippen LogP contribution in [-0.4, -0.2) is 30.3 Å². The van der Waals surface area contributed by atoms with Crippen molar-refractivity contribution in [2.45, 2.75) is 0 Å². The van der Waals surface area contributed by atoms with Gasteiger partial charge in [-0.15, -0.1) is 4.98 Å². The average Bonchev–Trinajstić information content (AvgIpc) is 2.96. The highest BCUT2D eigenvalue weighted by Crippen LogP contribution is 2.22. The van der Waals surface area contributed by atoms with Gasteiger partial charge in [-0.25, -0.2) is 15.5 Å². The maximum absolute atomic E-state index is 10.2. The van der Waals surface area contributed by atoms with Crippen molar-refractivity contribution >= 4 is 33.1 Å². The molecule has 0 radical (unpaired) electrons. The minimum Gasteiger partial charge on any atom is -0.355 e. The Morgan fingerprint density at radius 2 is 1.02 bits per heavy atom. The van der Waals surface area contributed by atoms with Crippen molar-refractivity contribution in [2.75, 3.05) is 0 Å². The number of hydrogen-bond acceptors (Lipinski definition) is 25. The lowest BCUT2D eigenvalue weighted by atomic mass is 10.4. The van der Waals surface area contributed by atoms with Gasteiger partial charge in [-0.1, -0.05) is 6.57 Å². The molecule has 0 aliphatic heterocycles. The van der Waals surface area contributed by atoms with Crippen molar-refractivity contribution in [1.29, 1.82) is 0 Å². The van der Waals surface area contributed by atoms with Gasteiger partial charge in [-0.05, 0) is 109 Å². The molecule has 0 saturated heterocycles. The molecule has 2 aromatic heterocycles. The summed E-state index contributed by atoms with van der Waals surface area (Å²) in [5.74, 6) is -0.169. The maximum Gasteiger partial charge on any atom is 0.348 e. The minimum atomic E-state index is -0.625. The summed E-state index contributed by atoms with van der Waals surface area (Å²) in [6.07, 6.45) is 2.83. The van der Waals surface area contributed by atoms with E-state index in [-0.39, 0.29) is 21.8 Å². The van der Waals surface area contributed by atoms with Crippen LogP contribution in [0.3, 0.4) is 0 Å². The quantitative estimate of drug-likeness (QED) is 0.0578. The molecule has 0 spiro atoms. The van der Waals surface area contributed by atoms with Crippen LogP contribution in [0.15, 0.2) is 41.3 Å². The van der Waals surface area contributed by atoms with Gasteiger partial charge in [0.15, 0.2) is 4.60 Å². The zero-order valence-electron chi connectivity index (χ0n) is 18.0. The third-order valence-corrected chi connectivity index (χ3v) is 3.07. The fraction of sp³-hybridized carbons (Fsp3) is 0. The lowest BCUT2D eigenvalue weighted by Gasteiger charge is -1.98. The van der Waals surface area contributed by atoms with Crippen molar-refractivity contribution in [3.63, 3.8) is 0 Å². The normalized spacial score (nSPS) is 9.95. The largest absolute Gasteiger partial charge is 0.355 e. The Morgan fingerprint density at radius 1 is 0.675 bits per heavy atom. The molecule has 40 heavy (non-hydrogen) atoms. The van der Waals surface area contributed by atoms with E-state index >= 15 is 0 Å². The van der Waals surface area contributed by atoms with Crippen LogP contribution in [0.4, 0.5) is 17.2 Å². The van der Waals surface area contributed by atoms with Crippen LogP contribution < -0.4 is 0 Å². The van der Waals surface area contributed by atoms with Crippen molar-refractivity contribution in [3.8, 4) is 0 Å². The number of aromatic nitrogens is 2. The molecule has 0 fully saturated rings. The Bertz CT molecular complexity index is 982. The summed E-state index contributed by atoms with van der Waals surface area (Å²) in [4.78, 5) is 29.3. The first-order chi connectivity index (χ1) is 19.4. The predicted molar refractivity (Wildman–Crippen MR) is 99.4 cm³/mol. The van der Waals surface area contributed by atoms with E-state index in [4.69, 9.17) is 17.1 Å². The topological polar surface area (TPSA) is 314 Å². The number of nitro groups is 2. The Hall–Kier alpha value is -3.69. The predicted octanol–water partition coefficient (Wildman–Crippen LogP) is 2.15. The summed E-state index contributed by atoms with van der Waals surface area (Å²) in [5.41, 5.74) is -0.259. The average molecular weight is 658 g/mol. The van der Waals surface area contributed by atoms with Crippen LogP contribution in [0.2, 0.25) is 0 Å². The fourth-order valence-electron chi connectivity index (χ4n) is 1.30.